The molecule has 0 saturated carbocycles. The van der Waals surface area contributed by atoms with Crippen molar-refractivity contribution in [2.45, 2.75) is 40.2 Å². The number of aryl methyl sites for hydroxylation is 1. The van der Waals surface area contributed by atoms with Gasteiger partial charge in [0.15, 0.2) is 0 Å². The highest BCUT2D eigenvalue weighted by Gasteiger charge is 2.26. The lowest BCUT2D eigenvalue weighted by molar-refractivity contribution is -0.131. The molecule has 0 aliphatic heterocycles. The van der Waals surface area contributed by atoms with Crippen molar-refractivity contribution in [1.29, 1.82) is 0 Å². The van der Waals surface area contributed by atoms with Crippen molar-refractivity contribution >= 4 is 28.4 Å². The lowest BCUT2D eigenvalue weighted by atomic mass is 10.1. The number of para-hydroxylation sites is 2. The molecule has 1 amide bonds. The molecule has 1 unspecified atom stereocenters. The van der Waals surface area contributed by atoms with Crippen molar-refractivity contribution in [2.75, 3.05) is 12.4 Å². The fourth-order valence-electron chi connectivity index (χ4n) is 3.63. The van der Waals surface area contributed by atoms with Gasteiger partial charge in [0.25, 0.3) is 5.56 Å². The van der Waals surface area contributed by atoms with E-state index in [1.54, 1.807) is 15.5 Å². The van der Waals surface area contributed by atoms with Gasteiger partial charge in [-0.15, -0.1) is 11.6 Å². The normalized spacial score (nSPS) is 12.3. The molecule has 0 N–H and O–H groups in total. The van der Waals surface area contributed by atoms with Gasteiger partial charge in [0.1, 0.15) is 11.7 Å². The molecule has 30 heavy (non-hydrogen) atoms. The van der Waals surface area contributed by atoms with Crippen LogP contribution in [-0.4, -0.2) is 32.8 Å². The molecule has 0 bridgehead atoms. The first kappa shape index (κ1) is 22.0. The predicted molar refractivity (Wildman–Crippen MR) is 122 cm³/mol. The van der Waals surface area contributed by atoms with E-state index in [-0.39, 0.29) is 17.3 Å². The van der Waals surface area contributed by atoms with E-state index < -0.39 is 6.04 Å². The molecule has 0 aliphatic rings. The smallest absolute Gasteiger partial charge is 0.266 e. The quantitative estimate of drug-likeness (QED) is 0.507. The number of alkyl halides is 1. The number of hydrogen-bond donors (Lipinski definition) is 0. The number of carbonyl (C=O) groups excluding carboxylic acids is 1. The van der Waals surface area contributed by atoms with E-state index in [4.69, 9.17) is 16.6 Å². The van der Waals surface area contributed by atoms with Gasteiger partial charge < -0.3 is 4.90 Å². The van der Waals surface area contributed by atoms with Crippen LogP contribution in [-0.2, 0) is 4.79 Å². The Morgan fingerprint density at radius 2 is 1.77 bits per heavy atom. The van der Waals surface area contributed by atoms with E-state index in [0.717, 1.165) is 17.7 Å². The van der Waals surface area contributed by atoms with Crippen molar-refractivity contribution in [3.8, 4) is 5.69 Å². The minimum Gasteiger partial charge on any atom is -0.332 e. The molecule has 0 fully saturated rings. The number of benzene rings is 2. The average Bonchev–Trinajstić information content (AvgIpc) is 2.74. The summed E-state index contributed by atoms with van der Waals surface area (Å²) < 4.78 is 1.65. The molecule has 1 atom stereocenters. The SMILES string of the molecule is Cc1ccccc1-n1c(C(C)N(CCC(C)C)C(=O)CCl)nc2ccccc2c1=O. The van der Waals surface area contributed by atoms with Gasteiger partial charge in [0.05, 0.1) is 22.6 Å². The first-order valence-corrected chi connectivity index (χ1v) is 10.8. The van der Waals surface area contributed by atoms with Gasteiger partial charge in [-0.05, 0) is 49.9 Å². The minimum absolute atomic E-state index is 0.107. The maximum atomic E-state index is 13.5. The van der Waals surface area contributed by atoms with Crippen LogP contribution < -0.4 is 5.56 Å². The van der Waals surface area contributed by atoms with E-state index in [0.29, 0.717) is 29.2 Å². The van der Waals surface area contributed by atoms with Crippen LogP contribution in [0, 0.1) is 12.8 Å². The van der Waals surface area contributed by atoms with Crippen molar-refractivity contribution in [1.82, 2.24) is 14.5 Å². The van der Waals surface area contributed by atoms with Crippen LogP contribution in [0.2, 0.25) is 0 Å². The van der Waals surface area contributed by atoms with Crippen LogP contribution in [0.3, 0.4) is 0 Å². The molecular formula is C24H28ClN3O2. The van der Waals surface area contributed by atoms with Crippen molar-refractivity contribution in [3.05, 3.63) is 70.3 Å². The molecule has 5 nitrogen and oxygen atoms in total. The lowest BCUT2D eigenvalue weighted by Crippen LogP contribution is -2.39. The minimum atomic E-state index is -0.410. The Balaban J connectivity index is 2.25. The lowest BCUT2D eigenvalue weighted by Gasteiger charge is -2.31. The second-order valence-electron chi connectivity index (χ2n) is 7.99. The summed E-state index contributed by atoms with van der Waals surface area (Å²) >= 11 is 5.92. The van der Waals surface area contributed by atoms with Crippen molar-refractivity contribution < 1.29 is 4.79 Å². The van der Waals surface area contributed by atoms with Gasteiger partial charge in [-0.2, -0.15) is 0 Å². The van der Waals surface area contributed by atoms with Crippen LogP contribution in [0.4, 0.5) is 0 Å². The van der Waals surface area contributed by atoms with Crippen LogP contribution in [0.15, 0.2) is 53.3 Å². The zero-order chi connectivity index (χ0) is 21.8. The second kappa shape index (κ2) is 9.43. The molecule has 158 valence electrons. The summed E-state index contributed by atoms with van der Waals surface area (Å²) in [5.41, 5.74) is 2.21. The Morgan fingerprint density at radius 3 is 2.43 bits per heavy atom. The number of carbonyl (C=O) groups is 1. The zero-order valence-electron chi connectivity index (χ0n) is 17.9. The third-order valence-electron chi connectivity index (χ3n) is 5.38. The maximum Gasteiger partial charge on any atom is 0.266 e. The summed E-state index contributed by atoms with van der Waals surface area (Å²) in [7, 11) is 0. The van der Waals surface area contributed by atoms with Crippen LogP contribution in [0.5, 0.6) is 0 Å². The maximum absolute atomic E-state index is 13.5. The van der Waals surface area contributed by atoms with E-state index >= 15 is 0 Å². The predicted octanol–water partition coefficient (Wildman–Crippen LogP) is 4.87. The van der Waals surface area contributed by atoms with Gasteiger partial charge in [-0.3, -0.25) is 14.2 Å². The summed E-state index contributed by atoms with van der Waals surface area (Å²) in [6.07, 6.45) is 0.842. The van der Waals surface area contributed by atoms with E-state index in [1.165, 1.54) is 0 Å². The number of hydrogen-bond acceptors (Lipinski definition) is 3. The highest BCUT2D eigenvalue weighted by molar-refractivity contribution is 6.27. The highest BCUT2D eigenvalue weighted by Crippen LogP contribution is 2.25. The topological polar surface area (TPSA) is 55.2 Å². The molecule has 3 aromatic rings. The van der Waals surface area contributed by atoms with Gasteiger partial charge in [0.2, 0.25) is 5.91 Å². The molecule has 2 aromatic carbocycles. The number of halogens is 1. The Morgan fingerprint density at radius 1 is 1.10 bits per heavy atom. The summed E-state index contributed by atoms with van der Waals surface area (Å²) in [5.74, 6) is 0.703. The number of aromatic nitrogens is 2. The molecule has 0 spiro atoms. The average molecular weight is 426 g/mol. The largest absolute Gasteiger partial charge is 0.332 e. The first-order chi connectivity index (χ1) is 14.3. The fourth-order valence-corrected chi connectivity index (χ4v) is 3.78. The number of amides is 1. The van der Waals surface area contributed by atoms with Crippen LogP contribution in [0.25, 0.3) is 16.6 Å². The standard InChI is InChI=1S/C24H28ClN3O2/c1-16(2)13-14-27(22(29)15-25)18(4)23-26-20-11-7-6-10-19(20)24(30)28(23)21-12-8-5-9-17(21)3/h5-12,16,18H,13-15H2,1-4H3. The third-order valence-corrected chi connectivity index (χ3v) is 5.61. The Bertz CT molecular complexity index is 1110. The van der Waals surface area contributed by atoms with Crippen molar-refractivity contribution in [2.24, 2.45) is 5.92 Å². The fraction of sp³-hybridized carbons (Fsp3) is 0.375. The van der Waals surface area contributed by atoms with Gasteiger partial charge in [-0.25, -0.2) is 4.98 Å². The molecule has 0 aliphatic carbocycles. The third kappa shape index (κ3) is 4.41. The number of fused-ring (bicyclic) bond motifs is 1. The van der Waals surface area contributed by atoms with Gasteiger partial charge >= 0.3 is 0 Å². The Labute approximate surface area is 182 Å². The molecule has 3 rings (SSSR count). The summed E-state index contributed by atoms with van der Waals surface area (Å²) in [4.78, 5) is 32.8. The molecule has 1 aromatic heterocycles. The monoisotopic (exact) mass is 425 g/mol. The first-order valence-electron chi connectivity index (χ1n) is 10.3. The van der Waals surface area contributed by atoms with Gasteiger partial charge in [-0.1, -0.05) is 44.2 Å². The van der Waals surface area contributed by atoms with E-state index in [9.17, 15) is 9.59 Å². The van der Waals surface area contributed by atoms with Crippen LogP contribution >= 0.6 is 11.6 Å². The zero-order valence-corrected chi connectivity index (χ0v) is 18.7. The number of rotatable bonds is 7. The molecular weight excluding hydrogens is 398 g/mol. The Kier molecular flexibility index (Phi) is 6.93. The van der Waals surface area contributed by atoms with E-state index in [2.05, 4.69) is 13.8 Å². The van der Waals surface area contributed by atoms with Crippen LogP contribution in [0.1, 0.15) is 44.6 Å². The van der Waals surface area contributed by atoms with Gasteiger partial charge in [0, 0.05) is 6.54 Å². The van der Waals surface area contributed by atoms with E-state index in [1.807, 2.05) is 56.3 Å². The molecule has 6 heteroatoms. The number of nitrogens with zero attached hydrogens (tertiary/aromatic N) is 3. The summed E-state index contributed by atoms with van der Waals surface area (Å²) in [6, 6.07) is 14.6. The second-order valence-corrected chi connectivity index (χ2v) is 8.26. The molecule has 0 radical (unpaired) electrons. The van der Waals surface area contributed by atoms with Crippen molar-refractivity contribution in [3.63, 3.8) is 0 Å². The summed E-state index contributed by atoms with van der Waals surface area (Å²) in [5, 5.41) is 0.550. The Hall–Kier alpha value is -2.66. The molecule has 1 heterocycles. The highest BCUT2D eigenvalue weighted by atomic mass is 35.5. The molecule has 0 saturated heterocycles. The summed E-state index contributed by atoms with van der Waals surface area (Å²) in [6.45, 7) is 8.67.